The van der Waals surface area contributed by atoms with Crippen LogP contribution in [0, 0.1) is 0 Å². The minimum Gasteiger partial charge on any atom is -0.545 e. The van der Waals surface area contributed by atoms with Gasteiger partial charge in [-0.2, -0.15) is 0 Å². The Morgan fingerprint density at radius 2 is 1.62 bits per heavy atom. The molecule has 0 aromatic heterocycles. The number of nitrogens with zero attached hydrogens (tertiary/aromatic N) is 3. The van der Waals surface area contributed by atoms with Crippen LogP contribution in [0.2, 0.25) is 0 Å². The number of carboxylic acid groups (broad SMARTS) is 2. The molecule has 0 bridgehead atoms. The van der Waals surface area contributed by atoms with Crippen LogP contribution < -0.4 is 20.0 Å². The van der Waals surface area contributed by atoms with E-state index in [1.54, 1.807) is 0 Å². The molecular weight excluding hydrogens is 426 g/mol. The summed E-state index contributed by atoms with van der Waals surface area (Å²) in [6.45, 7) is 4.53. The van der Waals surface area contributed by atoms with Crippen molar-refractivity contribution in [2.45, 2.75) is 22.6 Å². The van der Waals surface area contributed by atoms with Crippen LogP contribution in [-0.2, 0) is 9.59 Å². The maximum Gasteiger partial charge on any atom is 0.0790 e. The number of carboxylic acids is 2. The van der Waals surface area contributed by atoms with Gasteiger partial charge in [0, 0.05) is 29.4 Å². The quantitative estimate of drug-likeness (QED) is 0.608. The molecular formula is C24H27N3O4S-2. The fourth-order valence-corrected chi connectivity index (χ4v) is 4.97. The lowest BCUT2D eigenvalue weighted by Gasteiger charge is -2.34. The number of hydrogen-bond acceptors (Lipinski definition) is 8. The molecule has 0 amide bonds. The molecule has 0 unspecified atom stereocenters. The second-order valence-electron chi connectivity index (χ2n) is 7.81. The highest BCUT2D eigenvalue weighted by Crippen LogP contribution is 2.52. The zero-order valence-corrected chi connectivity index (χ0v) is 19.1. The summed E-state index contributed by atoms with van der Waals surface area (Å²) in [7, 11) is 4.31. The highest BCUT2D eigenvalue weighted by molar-refractivity contribution is 7.99. The number of rotatable bonds is 6. The van der Waals surface area contributed by atoms with E-state index in [9.17, 15) is 19.8 Å². The molecule has 2 heterocycles. The van der Waals surface area contributed by atoms with E-state index in [0.29, 0.717) is 12.2 Å². The third kappa shape index (κ3) is 6.05. The average molecular weight is 454 g/mol. The van der Waals surface area contributed by atoms with Crippen LogP contribution in [-0.4, -0.2) is 57.1 Å². The summed E-state index contributed by atoms with van der Waals surface area (Å²) in [4.78, 5) is 29.0. The Kier molecular flexibility index (Phi) is 8.19. The van der Waals surface area contributed by atoms with E-state index >= 15 is 0 Å². The van der Waals surface area contributed by atoms with Crippen LogP contribution in [0.15, 0.2) is 64.4 Å². The number of anilines is 3. The second-order valence-corrected chi connectivity index (χ2v) is 8.90. The highest BCUT2D eigenvalue weighted by Gasteiger charge is 2.29. The zero-order chi connectivity index (χ0) is 23.1. The largest absolute Gasteiger partial charge is 0.545 e. The van der Waals surface area contributed by atoms with Crippen molar-refractivity contribution in [3.8, 4) is 0 Å². The molecule has 0 saturated carbocycles. The van der Waals surface area contributed by atoms with Crippen molar-refractivity contribution in [1.29, 1.82) is 0 Å². The van der Waals surface area contributed by atoms with E-state index in [1.807, 2.05) is 11.8 Å². The number of carbonyl (C=O) groups is 2. The van der Waals surface area contributed by atoms with Crippen LogP contribution in [0.1, 0.15) is 12.8 Å². The monoisotopic (exact) mass is 453 g/mol. The molecule has 0 fully saturated rings. The number of fused-ring (bicyclic) bond motifs is 2. The summed E-state index contributed by atoms with van der Waals surface area (Å²) in [5.41, 5.74) is 4.20. The van der Waals surface area contributed by atoms with Crippen molar-refractivity contribution < 1.29 is 19.8 Å². The van der Waals surface area contributed by atoms with Crippen LogP contribution in [0.5, 0.6) is 0 Å². The Bertz CT molecular complexity index is 977. The van der Waals surface area contributed by atoms with Gasteiger partial charge in [-0.1, -0.05) is 30.0 Å². The summed E-state index contributed by atoms with van der Waals surface area (Å²) < 4.78 is 0. The minimum absolute atomic E-state index is 0.384. The highest BCUT2D eigenvalue weighted by atomic mass is 32.2. The summed E-state index contributed by atoms with van der Waals surface area (Å²) >= 11 is 1.91. The van der Waals surface area contributed by atoms with Gasteiger partial charge >= 0.3 is 0 Å². The molecule has 0 N–H and O–H groups in total. The van der Waals surface area contributed by atoms with Crippen LogP contribution in [0.3, 0.4) is 0 Å². The fourth-order valence-electron chi connectivity index (χ4n) is 3.84. The van der Waals surface area contributed by atoms with Crippen molar-refractivity contribution in [3.05, 3.63) is 54.6 Å². The molecule has 32 heavy (non-hydrogen) atoms. The first kappa shape index (κ1) is 23.7. The van der Waals surface area contributed by atoms with Crippen molar-refractivity contribution >= 4 is 40.8 Å². The van der Waals surface area contributed by atoms with Crippen LogP contribution >= 0.6 is 11.8 Å². The summed E-state index contributed by atoms with van der Waals surface area (Å²) in [5, 5.41) is 18.8. The van der Waals surface area contributed by atoms with E-state index < -0.39 is 11.9 Å². The molecule has 0 radical (unpaired) electrons. The Balaban J connectivity index is 0.000000312. The van der Waals surface area contributed by atoms with Gasteiger partial charge in [-0.05, 0) is 69.9 Å². The number of hydrogen-bond donors (Lipinski definition) is 0. The molecule has 8 heteroatoms. The molecule has 2 aromatic rings. The first-order valence-corrected chi connectivity index (χ1v) is 11.4. The van der Waals surface area contributed by atoms with Crippen molar-refractivity contribution in [2.75, 3.05) is 50.1 Å². The summed E-state index contributed by atoms with van der Waals surface area (Å²) in [6, 6.07) is 15.6. The van der Waals surface area contributed by atoms with E-state index in [0.717, 1.165) is 26.2 Å². The lowest BCUT2D eigenvalue weighted by molar-refractivity contribution is -0.301. The molecule has 4 rings (SSSR count). The van der Waals surface area contributed by atoms with E-state index in [4.69, 9.17) is 0 Å². The second kappa shape index (κ2) is 11.1. The van der Waals surface area contributed by atoms with E-state index in [-0.39, 0.29) is 0 Å². The maximum absolute atomic E-state index is 9.41. The van der Waals surface area contributed by atoms with Gasteiger partial charge in [0.1, 0.15) is 0 Å². The average Bonchev–Trinajstić information content (AvgIpc) is 2.94. The molecule has 0 saturated heterocycles. The summed E-state index contributed by atoms with van der Waals surface area (Å²) in [5.74, 6) is -3.09. The maximum atomic E-state index is 9.41. The number of benzene rings is 2. The fraction of sp³-hybridized carbons (Fsp3) is 0.333. The van der Waals surface area contributed by atoms with Gasteiger partial charge in [0.05, 0.1) is 29.0 Å². The third-order valence-corrected chi connectivity index (χ3v) is 6.28. The predicted molar refractivity (Wildman–Crippen MR) is 123 cm³/mol. The molecule has 7 nitrogen and oxygen atoms in total. The van der Waals surface area contributed by atoms with Crippen LogP contribution in [0.25, 0.3) is 0 Å². The topological polar surface area (TPSA) is 90.0 Å². The van der Waals surface area contributed by atoms with Crippen molar-refractivity contribution in [1.82, 2.24) is 4.90 Å². The molecule has 170 valence electrons. The molecule has 2 aliphatic rings. The van der Waals surface area contributed by atoms with Gasteiger partial charge < -0.3 is 34.5 Å². The van der Waals surface area contributed by atoms with Gasteiger partial charge in [-0.15, -0.1) is 0 Å². The Morgan fingerprint density at radius 1 is 0.969 bits per heavy atom. The predicted octanol–water partition coefficient (Wildman–Crippen LogP) is 1.49. The SMILES string of the molecule is CN(C)CCCN1CCCN2c3ccccc3Sc3cccc1c32.O=C([O-])/C=C\C(=O)[O-]. The van der Waals surface area contributed by atoms with Crippen molar-refractivity contribution in [3.63, 3.8) is 0 Å². The van der Waals surface area contributed by atoms with Gasteiger partial charge in [0.2, 0.25) is 0 Å². The smallest absolute Gasteiger partial charge is 0.0790 e. The van der Waals surface area contributed by atoms with Crippen molar-refractivity contribution in [2.24, 2.45) is 0 Å². The van der Waals surface area contributed by atoms with Gasteiger partial charge in [0.15, 0.2) is 0 Å². The minimum atomic E-state index is -1.55. The number of carbonyl (C=O) groups excluding carboxylic acids is 2. The first-order chi connectivity index (χ1) is 15.4. The zero-order valence-electron chi connectivity index (χ0n) is 18.3. The van der Waals surface area contributed by atoms with Gasteiger partial charge in [-0.3, -0.25) is 0 Å². The van der Waals surface area contributed by atoms with E-state index in [2.05, 4.69) is 71.3 Å². The number of aliphatic carboxylic acids is 2. The summed E-state index contributed by atoms with van der Waals surface area (Å²) in [6.07, 6.45) is 3.18. The van der Waals surface area contributed by atoms with Gasteiger partial charge in [-0.25, -0.2) is 0 Å². The van der Waals surface area contributed by atoms with Gasteiger partial charge in [0.25, 0.3) is 0 Å². The lowest BCUT2D eigenvalue weighted by atomic mass is 10.2. The molecule has 0 spiro atoms. The standard InChI is InChI=1S/C20H25N3S.C4H4O4/c1-21(2)12-6-13-22-14-7-15-23-16-8-3-4-10-18(16)24-19-11-5-9-17(22)20(19)23;5-3(6)1-2-4(7)8/h3-5,8-11H,6-7,12-15H2,1-2H3;1-2H,(H,5,6)(H,7,8)/p-2/b;2-1-. The third-order valence-electron chi connectivity index (χ3n) is 5.16. The first-order valence-electron chi connectivity index (χ1n) is 10.5. The Morgan fingerprint density at radius 3 is 2.31 bits per heavy atom. The van der Waals surface area contributed by atoms with Crippen LogP contribution in [0.4, 0.5) is 17.1 Å². The Labute approximate surface area is 192 Å². The molecule has 0 atom stereocenters. The molecule has 2 aliphatic heterocycles. The molecule has 2 aromatic carbocycles. The Hall–Kier alpha value is -2.97. The molecule has 0 aliphatic carbocycles. The van der Waals surface area contributed by atoms with E-state index in [1.165, 1.54) is 39.7 Å². The normalized spacial score (nSPS) is 14.3. The number of para-hydroxylation sites is 2. The lowest BCUT2D eigenvalue weighted by Crippen LogP contribution is -2.27.